The van der Waals surface area contributed by atoms with Gasteiger partial charge in [-0.1, -0.05) is 30.3 Å². The Labute approximate surface area is 185 Å². The van der Waals surface area contributed by atoms with Crippen LogP contribution in [0.4, 0.5) is 20.3 Å². The van der Waals surface area contributed by atoms with Crippen LogP contribution in [-0.2, 0) is 13.1 Å². The molecule has 2 aromatic heterocycles. The van der Waals surface area contributed by atoms with Crippen LogP contribution in [0.1, 0.15) is 21.7 Å². The first-order chi connectivity index (χ1) is 15.8. The first kappa shape index (κ1) is 21.8. The van der Waals surface area contributed by atoms with Crippen LogP contribution in [0.15, 0.2) is 80.9 Å². The number of amides is 1. The Morgan fingerprint density at radius 3 is 2.36 bits per heavy atom. The van der Waals surface area contributed by atoms with Gasteiger partial charge in [0.2, 0.25) is 0 Å². The Hall–Kier alpha value is -4.47. The maximum absolute atomic E-state index is 13.8. The smallest absolute Gasteiger partial charge is 0.330 e. The summed E-state index contributed by atoms with van der Waals surface area (Å²) < 4.78 is 33.9. The van der Waals surface area contributed by atoms with E-state index in [1.165, 1.54) is 6.26 Å². The van der Waals surface area contributed by atoms with Crippen molar-refractivity contribution in [3.05, 3.63) is 116 Å². The van der Waals surface area contributed by atoms with Gasteiger partial charge < -0.3 is 10.2 Å². The third-order valence-electron chi connectivity index (χ3n) is 4.92. The standard InChI is InChI=1S/C23H18F2N4O4/c24-16-9-15(10-17(25)11-16)22(31)28(13-18-7-4-8-33-18)19-20(26)29(23(32)27-21(19)30)12-14-5-2-1-3-6-14/h1-11H,12-13,26H2,(H,27,30,32). The van der Waals surface area contributed by atoms with Crippen molar-refractivity contribution >= 4 is 17.4 Å². The number of nitrogens with one attached hydrogen (secondary N) is 1. The maximum Gasteiger partial charge on any atom is 0.330 e. The Morgan fingerprint density at radius 2 is 1.73 bits per heavy atom. The maximum atomic E-state index is 13.8. The van der Waals surface area contributed by atoms with Crippen molar-refractivity contribution in [3.8, 4) is 0 Å². The molecule has 0 radical (unpaired) electrons. The van der Waals surface area contributed by atoms with Crippen molar-refractivity contribution in [2.24, 2.45) is 0 Å². The molecular weight excluding hydrogens is 434 g/mol. The van der Waals surface area contributed by atoms with Crippen molar-refractivity contribution in [1.29, 1.82) is 0 Å². The lowest BCUT2D eigenvalue weighted by atomic mass is 10.1. The lowest BCUT2D eigenvalue weighted by Crippen LogP contribution is -2.41. The summed E-state index contributed by atoms with van der Waals surface area (Å²) in [5.74, 6) is -2.85. The predicted molar refractivity (Wildman–Crippen MR) is 117 cm³/mol. The van der Waals surface area contributed by atoms with Gasteiger partial charge in [-0.05, 0) is 29.8 Å². The first-order valence-corrected chi connectivity index (χ1v) is 9.80. The number of hydrogen-bond donors (Lipinski definition) is 2. The molecule has 0 aliphatic heterocycles. The number of nitrogens with two attached hydrogens (primary N) is 1. The Morgan fingerprint density at radius 1 is 1.03 bits per heavy atom. The third kappa shape index (κ3) is 4.59. The molecule has 10 heteroatoms. The third-order valence-corrected chi connectivity index (χ3v) is 4.92. The highest BCUT2D eigenvalue weighted by Crippen LogP contribution is 2.23. The molecular formula is C23H18F2N4O4. The predicted octanol–water partition coefficient (Wildman–Crippen LogP) is 2.89. The zero-order chi connectivity index (χ0) is 23.5. The average Bonchev–Trinajstić information content (AvgIpc) is 3.28. The van der Waals surface area contributed by atoms with E-state index in [0.29, 0.717) is 6.07 Å². The summed E-state index contributed by atoms with van der Waals surface area (Å²) >= 11 is 0. The molecule has 4 aromatic rings. The molecule has 2 heterocycles. The highest BCUT2D eigenvalue weighted by Gasteiger charge is 2.27. The minimum absolute atomic E-state index is 0.0205. The van der Waals surface area contributed by atoms with E-state index in [2.05, 4.69) is 4.98 Å². The normalized spacial score (nSPS) is 10.8. The van der Waals surface area contributed by atoms with Crippen LogP contribution in [0, 0.1) is 11.6 Å². The Bertz CT molecular complexity index is 1390. The molecule has 0 fully saturated rings. The number of anilines is 2. The van der Waals surface area contributed by atoms with Crippen molar-refractivity contribution in [3.63, 3.8) is 0 Å². The number of halogens is 2. The summed E-state index contributed by atoms with van der Waals surface area (Å²) in [6, 6.07) is 14.3. The van der Waals surface area contributed by atoms with E-state index >= 15 is 0 Å². The second kappa shape index (κ2) is 8.95. The van der Waals surface area contributed by atoms with Gasteiger partial charge in [-0.25, -0.2) is 13.6 Å². The molecule has 0 unspecified atom stereocenters. The lowest BCUT2D eigenvalue weighted by Gasteiger charge is -2.24. The molecule has 2 aromatic carbocycles. The number of H-pyrrole nitrogens is 1. The van der Waals surface area contributed by atoms with Gasteiger partial charge in [-0.3, -0.25) is 24.0 Å². The Kier molecular flexibility index (Phi) is 5.90. The van der Waals surface area contributed by atoms with Crippen LogP contribution >= 0.6 is 0 Å². The minimum Gasteiger partial charge on any atom is -0.467 e. The molecule has 168 valence electrons. The van der Waals surface area contributed by atoms with E-state index in [1.54, 1.807) is 42.5 Å². The highest BCUT2D eigenvalue weighted by molar-refractivity contribution is 6.07. The SMILES string of the molecule is Nc1c(N(Cc2ccco2)C(=O)c2cc(F)cc(F)c2)c(=O)[nH]c(=O)n1Cc1ccccc1. The van der Waals surface area contributed by atoms with Crippen molar-refractivity contribution < 1.29 is 18.0 Å². The number of benzene rings is 2. The zero-order valence-electron chi connectivity index (χ0n) is 17.1. The van der Waals surface area contributed by atoms with E-state index in [-0.39, 0.29) is 35.9 Å². The number of nitrogen functional groups attached to an aromatic ring is 1. The number of aromatic amines is 1. The largest absolute Gasteiger partial charge is 0.467 e. The molecule has 33 heavy (non-hydrogen) atoms. The van der Waals surface area contributed by atoms with E-state index in [0.717, 1.165) is 27.2 Å². The van der Waals surface area contributed by atoms with Crippen LogP contribution in [-0.4, -0.2) is 15.5 Å². The number of furan rings is 1. The van der Waals surface area contributed by atoms with Gasteiger partial charge in [0, 0.05) is 11.6 Å². The van der Waals surface area contributed by atoms with Gasteiger partial charge in [-0.2, -0.15) is 0 Å². The van der Waals surface area contributed by atoms with E-state index < -0.39 is 28.8 Å². The molecule has 0 atom stereocenters. The van der Waals surface area contributed by atoms with Crippen molar-refractivity contribution in [1.82, 2.24) is 9.55 Å². The summed E-state index contributed by atoms with van der Waals surface area (Å²) in [5, 5.41) is 0. The van der Waals surface area contributed by atoms with Gasteiger partial charge in [0.05, 0.1) is 19.4 Å². The summed E-state index contributed by atoms with van der Waals surface area (Å²) in [6.45, 7) is -0.256. The molecule has 0 bridgehead atoms. The van der Waals surface area contributed by atoms with Crippen LogP contribution in [0.25, 0.3) is 0 Å². The van der Waals surface area contributed by atoms with Gasteiger partial charge in [0.15, 0.2) is 5.69 Å². The molecule has 4 rings (SSSR count). The number of aromatic nitrogens is 2. The molecule has 0 aliphatic rings. The van der Waals surface area contributed by atoms with E-state index in [1.807, 2.05) is 0 Å². The number of nitrogens with zero attached hydrogens (tertiary/aromatic N) is 2. The molecule has 8 nitrogen and oxygen atoms in total. The molecule has 0 saturated carbocycles. The highest BCUT2D eigenvalue weighted by atomic mass is 19.1. The molecule has 0 aliphatic carbocycles. The van der Waals surface area contributed by atoms with Gasteiger partial charge in [0.1, 0.15) is 23.2 Å². The molecule has 1 amide bonds. The molecule has 0 saturated heterocycles. The topological polar surface area (TPSA) is 114 Å². The van der Waals surface area contributed by atoms with E-state index in [4.69, 9.17) is 10.2 Å². The minimum atomic E-state index is -0.966. The van der Waals surface area contributed by atoms with Crippen LogP contribution in [0.2, 0.25) is 0 Å². The van der Waals surface area contributed by atoms with E-state index in [9.17, 15) is 23.2 Å². The van der Waals surface area contributed by atoms with Gasteiger partial charge >= 0.3 is 5.69 Å². The van der Waals surface area contributed by atoms with Gasteiger partial charge in [-0.15, -0.1) is 0 Å². The van der Waals surface area contributed by atoms with Crippen molar-refractivity contribution in [2.45, 2.75) is 13.1 Å². The van der Waals surface area contributed by atoms with Crippen LogP contribution in [0.3, 0.4) is 0 Å². The number of rotatable bonds is 6. The van der Waals surface area contributed by atoms with Crippen LogP contribution < -0.4 is 21.9 Å². The summed E-state index contributed by atoms with van der Waals surface area (Å²) in [4.78, 5) is 41.6. The summed E-state index contributed by atoms with van der Waals surface area (Å²) in [6.07, 6.45) is 1.36. The number of carbonyl (C=O) groups is 1. The van der Waals surface area contributed by atoms with Crippen molar-refractivity contribution in [2.75, 3.05) is 10.6 Å². The monoisotopic (exact) mass is 452 g/mol. The fraction of sp³-hybridized carbons (Fsp3) is 0.0870. The Balaban J connectivity index is 1.86. The fourth-order valence-electron chi connectivity index (χ4n) is 3.41. The summed E-state index contributed by atoms with van der Waals surface area (Å²) in [5.41, 5.74) is 4.53. The summed E-state index contributed by atoms with van der Waals surface area (Å²) in [7, 11) is 0. The van der Waals surface area contributed by atoms with Gasteiger partial charge in [0.25, 0.3) is 11.5 Å². The second-order valence-electron chi connectivity index (χ2n) is 7.19. The fourth-order valence-corrected chi connectivity index (χ4v) is 3.41. The average molecular weight is 452 g/mol. The molecule has 3 N–H and O–H groups in total. The molecule has 0 spiro atoms. The first-order valence-electron chi connectivity index (χ1n) is 9.80. The second-order valence-corrected chi connectivity index (χ2v) is 7.19. The zero-order valence-corrected chi connectivity index (χ0v) is 17.1. The number of carbonyl (C=O) groups excluding carboxylic acids is 1. The quantitative estimate of drug-likeness (QED) is 0.467. The lowest BCUT2D eigenvalue weighted by molar-refractivity contribution is 0.0982. The van der Waals surface area contributed by atoms with Crippen LogP contribution in [0.5, 0.6) is 0 Å². The number of hydrogen-bond acceptors (Lipinski definition) is 5.